The van der Waals surface area contributed by atoms with E-state index in [2.05, 4.69) is 15.4 Å². The van der Waals surface area contributed by atoms with Crippen LogP contribution in [0.5, 0.6) is 5.75 Å². The lowest BCUT2D eigenvalue weighted by Gasteiger charge is -2.07. The van der Waals surface area contributed by atoms with Gasteiger partial charge in [0.1, 0.15) is 17.0 Å². The Hall–Kier alpha value is -3.09. The molecule has 0 radical (unpaired) electrons. The van der Waals surface area contributed by atoms with Crippen LogP contribution in [0.4, 0.5) is 0 Å². The number of aryl methyl sites for hydroxylation is 2. The second-order valence-electron chi connectivity index (χ2n) is 5.35. The van der Waals surface area contributed by atoms with Crippen molar-refractivity contribution in [2.75, 3.05) is 7.11 Å². The van der Waals surface area contributed by atoms with E-state index in [4.69, 9.17) is 9.26 Å². The van der Waals surface area contributed by atoms with Crippen LogP contribution in [-0.2, 0) is 7.05 Å². The van der Waals surface area contributed by atoms with Crippen LogP contribution >= 0.6 is 0 Å². The summed E-state index contributed by atoms with van der Waals surface area (Å²) in [5, 5.41) is 12.5. The van der Waals surface area contributed by atoms with Gasteiger partial charge in [-0.15, -0.1) is 0 Å². The van der Waals surface area contributed by atoms with Crippen LogP contribution in [-0.4, -0.2) is 31.7 Å². The van der Waals surface area contributed by atoms with Crippen LogP contribution in [0.1, 0.15) is 5.76 Å². The minimum atomic E-state index is 0.736. The van der Waals surface area contributed by atoms with Crippen LogP contribution < -0.4 is 4.74 Å². The van der Waals surface area contributed by atoms with Gasteiger partial charge in [-0.1, -0.05) is 5.16 Å². The van der Waals surface area contributed by atoms with E-state index in [1.807, 2.05) is 43.1 Å². The van der Waals surface area contributed by atoms with Crippen molar-refractivity contribution in [3.8, 4) is 28.0 Å². The summed E-state index contributed by atoms with van der Waals surface area (Å²) in [4.78, 5) is 0. The molecule has 0 aliphatic heterocycles. The third kappa shape index (κ3) is 2.09. The van der Waals surface area contributed by atoms with Crippen LogP contribution in [0.3, 0.4) is 0 Å². The summed E-state index contributed by atoms with van der Waals surface area (Å²) in [6, 6.07) is 1.99. The normalized spacial score (nSPS) is 11.3. The average Bonchev–Trinajstić information content (AvgIpc) is 3.25. The molecule has 116 valence electrons. The quantitative estimate of drug-likeness (QED) is 0.582. The smallest absolute Gasteiger partial charge is 0.145 e. The molecule has 0 aliphatic carbocycles. The molecule has 4 heterocycles. The minimum absolute atomic E-state index is 0.736. The maximum Gasteiger partial charge on any atom is 0.145 e. The van der Waals surface area contributed by atoms with Gasteiger partial charge < -0.3 is 9.26 Å². The predicted octanol–water partition coefficient (Wildman–Crippen LogP) is 2.71. The Bertz CT molecular complexity index is 995. The third-order valence-electron chi connectivity index (χ3n) is 3.88. The van der Waals surface area contributed by atoms with Crippen molar-refractivity contribution in [3.05, 3.63) is 42.8 Å². The Labute approximate surface area is 132 Å². The van der Waals surface area contributed by atoms with Crippen LogP contribution in [0.15, 0.2) is 41.6 Å². The summed E-state index contributed by atoms with van der Waals surface area (Å²) in [6.45, 7) is 1.88. The number of methoxy groups -OCH3 is 1. The Morgan fingerprint density at radius 3 is 2.57 bits per heavy atom. The van der Waals surface area contributed by atoms with Crippen LogP contribution in [0, 0.1) is 6.92 Å². The molecule has 7 nitrogen and oxygen atoms in total. The van der Waals surface area contributed by atoms with Crippen molar-refractivity contribution in [2.24, 2.45) is 7.05 Å². The number of hydrogen-bond acceptors (Lipinski definition) is 5. The summed E-state index contributed by atoms with van der Waals surface area (Å²) >= 11 is 0. The van der Waals surface area contributed by atoms with Crippen molar-refractivity contribution >= 4 is 5.52 Å². The van der Waals surface area contributed by atoms with Gasteiger partial charge in [-0.2, -0.15) is 10.2 Å². The lowest BCUT2D eigenvalue weighted by molar-refractivity contribution is 0.398. The molecule has 0 aliphatic rings. The van der Waals surface area contributed by atoms with E-state index in [1.165, 1.54) is 0 Å². The molecule has 0 atom stereocenters. The largest absolute Gasteiger partial charge is 0.494 e. The molecule has 7 heteroatoms. The topological polar surface area (TPSA) is 70.4 Å². The number of rotatable bonds is 3. The predicted molar refractivity (Wildman–Crippen MR) is 84.2 cm³/mol. The summed E-state index contributed by atoms with van der Waals surface area (Å²) in [5.74, 6) is 1.48. The number of nitrogens with zero attached hydrogens (tertiary/aromatic N) is 5. The lowest BCUT2D eigenvalue weighted by atomic mass is 10.1. The Morgan fingerprint density at radius 1 is 1.04 bits per heavy atom. The summed E-state index contributed by atoms with van der Waals surface area (Å²) < 4.78 is 14.3. The molecule has 0 bridgehead atoms. The zero-order valence-corrected chi connectivity index (χ0v) is 13.0. The number of ether oxygens (including phenoxy) is 1. The van der Waals surface area contributed by atoms with Gasteiger partial charge in [-0.3, -0.25) is 4.68 Å². The van der Waals surface area contributed by atoms with E-state index in [-0.39, 0.29) is 0 Å². The molecule has 0 unspecified atom stereocenters. The van der Waals surface area contributed by atoms with Crippen molar-refractivity contribution in [1.82, 2.24) is 24.6 Å². The van der Waals surface area contributed by atoms with E-state index in [0.717, 1.165) is 39.3 Å². The van der Waals surface area contributed by atoms with Crippen molar-refractivity contribution < 1.29 is 9.26 Å². The third-order valence-corrected chi connectivity index (χ3v) is 3.88. The highest BCUT2D eigenvalue weighted by Gasteiger charge is 2.17. The molecule has 4 aromatic heterocycles. The average molecular weight is 309 g/mol. The number of aromatic nitrogens is 5. The first-order valence-corrected chi connectivity index (χ1v) is 7.13. The van der Waals surface area contributed by atoms with Gasteiger partial charge in [-0.05, 0) is 13.0 Å². The fourth-order valence-electron chi connectivity index (χ4n) is 2.72. The van der Waals surface area contributed by atoms with E-state index in [1.54, 1.807) is 24.2 Å². The van der Waals surface area contributed by atoms with Crippen molar-refractivity contribution in [1.29, 1.82) is 0 Å². The van der Waals surface area contributed by atoms with E-state index >= 15 is 0 Å². The molecule has 0 amide bonds. The Morgan fingerprint density at radius 2 is 1.91 bits per heavy atom. The molecule has 0 N–H and O–H groups in total. The summed E-state index contributed by atoms with van der Waals surface area (Å²) in [6.07, 6.45) is 9.22. The second kappa shape index (κ2) is 4.98. The zero-order chi connectivity index (χ0) is 16.0. The lowest BCUT2D eigenvalue weighted by Crippen LogP contribution is -1.94. The fraction of sp³-hybridized carbons (Fsp3) is 0.188. The molecule has 0 saturated heterocycles. The molecule has 23 heavy (non-hydrogen) atoms. The fourth-order valence-corrected chi connectivity index (χ4v) is 2.72. The maximum absolute atomic E-state index is 5.59. The first-order chi connectivity index (χ1) is 11.2. The van der Waals surface area contributed by atoms with Crippen molar-refractivity contribution in [2.45, 2.75) is 6.92 Å². The first kappa shape index (κ1) is 13.6. The summed E-state index contributed by atoms with van der Waals surface area (Å²) in [7, 11) is 3.54. The minimum Gasteiger partial charge on any atom is -0.494 e. The second-order valence-corrected chi connectivity index (χ2v) is 5.35. The highest BCUT2D eigenvalue weighted by molar-refractivity contribution is 5.86. The number of pyridine rings is 1. The Balaban J connectivity index is 1.96. The van der Waals surface area contributed by atoms with Gasteiger partial charge in [0.2, 0.25) is 0 Å². The Kier molecular flexibility index (Phi) is 2.94. The highest BCUT2D eigenvalue weighted by atomic mass is 16.5. The number of fused-ring (bicyclic) bond motifs is 1. The van der Waals surface area contributed by atoms with Gasteiger partial charge in [0.25, 0.3) is 0 Å². The molecular weight excluding hydrogens is 294 g/mol. The molecule has 4 aromatic rings. The van der Waals surface area contributed by atoms with Gasteiger partial charge >= 0.3 is 0 Å². The monoisotopic (exact) mass is 309 g/mol. The van der Waals surface area contributed by atoms with E-state index in [9.17, 15) is 0 Å². The van der Waals surface area contributed by atoms with Crippen molar-refractivity contribution in [3.63, 3.8) is 0 Å². The SMILES string of the molecule is COc1cc(-c2cnn(C)c2)cn2ncc(-c3cnoc3C)c12. The van der Waals surface area contributed by atoms with Gasteiger partial charge in [0, 0.05) is 41.7 Å². The molecule has 4 rings (SSSR count). The maximum atomic E-state index is 5.59. The number of hydrogen-bond donors (Lipinski definition) is 0. The van der Waals surface area contributed by atoms with Crippen LogP contribution in [0.2, 0.25) is 0 Å². The highest BCUT2D eigenvalue weighted by Crippen LogP contribution is 2.35. The molecule has 0 spiro atoms. The molecule has 0 aromatic carbocycles. The van der Waals surface area contributed by atoms with Gasteiger partial charge in [0.15, 0.2) is 0 Å². The molecular formula is C16H15N5O2. The molecule has 0 saturated carbocycles. The summed E-state index contributed by atoms with van der Waals surface area (Å²) in [5.41, 5.74) is 4.71. The van der Waals surface area contributed by atoms with Crippen LogP contribution in [0.25, 0.3) is 27.8 Å². The van der Waals surface area contributed by atoms with E-state index in [0.29, 0.717) is 0 Å². The first-order valence-electron chi connectivity index (χ1n) is 7.13. The zero-order valence-electron chi connectivity index (χ0n) is 13.0. The van der Waals surface area contributed by atoms with Gasteiger partial charge in [0.05, 0.1) is 25.7 Å². The molecule has 0 fully saturated rings. The van der Waals surface area contributed by atoms with E-state index < -0.39 is 0 Å². The van der Waals surface area contributed by atoms with Gasteiger partial charge in [-0.25, -0.2) is 4.52 Å². The standard InChI is InChI=1S/C16H15N5O2/c1-10-13(7-19-23-10)14-6-18-21-9-11(4-15(22-3)16(14)21)12-5-17-20(2)8-12/h4-9H,1-3H3.